The van der Waals surface area contributed by atoms with Crippen LogP contribution in [0, 0.1) is 5.92 Å². The molecule has 1 fully saturated rings. The second-order valence-electron chi connectivity index (χ2n) is 7.49. The number of rotatable bonds is 9. The molecule has 0 bridgehead atoms. The second-order valence-corrected chi connectivity index (χ2v) is 8.62. The predicted octanol–water partition coefficient (Wildman–Crippen LogP) is 3.55. The highest BCUT2D eigenvalue weighted by molar-refractivity contribution is 7.46. The molecule has 0 amide bonds. The zero-order valence-electron chi connectivity index (χ0n) is 17.8. The van der Waals surface area contributed by atoms with Crippen molar-refractivity contribution in [3.8, 4) is 17.2 Å². The summed E-state index contributed by atoms with van der Waals surface area (Å²) in [6.07, 6.45) is 1.51. The van der Waals surface area contributed by atoms with Crippen LogP contribution in [0.25, 0.3) is 0 Å². The number of carbonyl (C=O) groups is 1. The van der Waals surface area contributed by atoms with Gasteiger partial charge in [0.2, 0.25) is 0 Å². The molecule has 168 valence electrons. The lowest BCUT2D eigenvalue weighted by molar-refractivity contribution is -0.122. The highest BCUT2D eigenvalue weighted by Crippen LogP contribution is 2.47. The molecular formula is C21H26NO8P. The van der Waals surface area contributed by atoms with Crippen molar-refractivity contribution in [2.45, 2.75) is 18.8 Å². The quantitative estimate of drug-likeness (QED) is 0.256. The number of ether oxygens (including phenoxy) is 2. The normalized spacial score (nSPS) is 18.1. The summed E-state index contributed by atoms with van der Waals surface area (Å²) >= 11 is 0. The van der Waals surface area contributed by atoms with Crippen LogP contribution in [0.1, 0.15) is 34.7 Å². The van der Waals surface area contributed by atoms with E-state index in [0.29, 0.717) is 29.2 Å². The van der Waals surface area contributed by atoms with Gasteiger partial charge in [0, 0.05) is 20.0 Å². The first-order chi connectivity index (χ1) is 14.6. The fourth-order valence-corrected chi connectivity index (χ4v) is 3.88. The van der Waals surface area contributed by atoms with Gasteiger partial charge in [-0.3, -0.25) is 4.79 Å². The van der Waals surface area contributed by atoms with Crippen molar-refractivity contribution in [3.63, 3.8) is 0 Å². The van der Waals surface area contributed by atoms with Gasteiger partial charge < -0.3 is 29.0 Å². The molecule has 2 aromatic carbocycles. The highest BCUT2D eigenvalue weighted by Gasteiger charge is 2.39. The SMILES string of the molecule is COc1ccc(OC)c(C(=O)C2CCC2c2ccc(N(C)C)c(OOP(=O)(O)O)c2)c1. The molecule has 1 saturated carbocycles. The molecule has 2 atom stereocenters. The van der Waals surface area contributed by atoms with Crippen molar-refractivity contribution in [2.75, 3.05) is 33.2 Å². The summed E-state index contributed by atoms with van der Waals surface area (Å²) in [6.45, 7) is 0. The van der Waals surface area contributed by atoms with Crippen molar-refractivity contribution in [3.05, 3.63) is 47.5 Å². The fraction of sp³-hybridized carbons (Fsp3) is 0.381. The van der Waals surface area contributed by atoms with Crippen LogP contribution in [0.15, 0.2) is 36.4 Å². The minimum atomic E-state index is -4.82. The summed E-state index contributed by atoms with van der Waals surface area (Å²) in [5.41, 5.74) is 1.86. The van der Waals surface area contributed by atoms with E-state index in [1.165, 1.54) is 14.2 Å². The Bertz CT molecular complexity index is 1000. The molecule has 2 unspecified atom stereocenters. The van der Waals surface area contributed by atoms with Gasteiger partial charge in [0.25, 0.3) is 0 Å². The Morgan fingerprint density at radius 3 is 2.32 bits per heavy atom. The lowest BCUT2D eigenvalue weighted by atomic mass is 9.67. The number of carbonyl (C=O) groups excluding carboxylic acids is 1. The zero-order valence-corrected chi connectivity index (χ0v) is 18.7. The standard InChI is InChI=1S/C21H26NO8P/c1-22(2)18-9-5-13(11-20(18)29-30-31(24,25)26)15-7-8-16(15)21(23)17-12-14(27-3)6-10-19(17)28-4/h5-6,9-12,15-16H,7-8H2,1-4H3,(H2,24,25,26). The third-order valence-corrected chi connectivity index (χ3v) is 5.67. The van der Waals surface area contributed by atoms with E-state index in [1.54, 1.807) is 49.3 Å². The molecule has 1 aliphatic rings. The Kier molecular flexibility index (Phi) is 6.91. The largest absolute Gasteiger partial charge is 0.505 e. The highest BCUT2D eigenvalue weighted by atomic mass is 31.2. The number of Topliss-reactive ketones (excluding diaryl/α,β-unsaturated/α-hetero) is 1. The number of anilines is 1. The minimum Gasteiger partial charge on any atom is -0.497 e. The minimum absolute atomic E-state index is 0.0439. The predicted molar refractivity (Wildman–Crippen MR) is 114 cm³/mol. The molecule has 2 aromatic rings. The van der Waals surface area contributed by atoms with Crippen LogP contribution in [0.3, 0.4) is 0 Å². The number of methoxy groups -OCH3 is 2. The smallest absolute Gasteiger partial charge is 0.497 e. The van der Waals surface area contributed by atoms with E-state index in [-0.39, 0.29) is 23.4 Å². The Balaban J connectivity index is 1.88. The van der Waals surface area contributed by atoms with Gasteiger partial charge in [-0.2, -0.15) is 0 Å². The maximum atomic E-state index is 13.3. The molecule has 0 radical (unpaired) electrons. The third-order valence-electron chi connectivity index (χ3n) is 5.40. The van der Waals surface area contributed by atoms with E-state index in [4.69, 9.17) is 24.1 Å². The molecule has 0 aromatic heterocycles. The second kappa shape index (κ2) is 9.28. The van der Waals surface area contributed by atoms with Crippen molar-refractivity contribution >= 4 is 19.3 Å². The van der Waals surface area contributed by atoms with Crippen LogP contribution in [0.2, 0.25) is 0 Å². The molecule has 10 heteroatoms. The fourth-order valence-electron chi connectivity index (χ4n) is 3.71. The van der Waals surface area contributed by atoms with Gasteiger partial charge in [0.1, 0.15) is 11.5 Å². The van der Waals surface area contributed by atoms with Crippen LogP contribution in [0.5, 0.6) is 17.2 Å². The molecule has 3 rings (SSSR count). The van der Waals surface area contributed by atoms with Crippen molar-refractivity contribution < 1.29 is 38.2 Å². The van der Waals surface area contributed by atoms with Crippen LogP contribution in [-0.2, 0) is 9.24 Å². The summed E-state index contributed by atoms with van der Waals surface area (Å²) in [4.78, 5) is 37.9. The number of hydrogen-bond donors (Lipinski definition) is 2. The maximum absolute atomic E-state index is 13.3. The molecule has 2 N–H and O–H groups in total. The lowest BCUT2D eigenvalue weighted by Crippen LogP contribution is -2.31. The van der Waals surface area contributed by atoms with Crippen LogP contribution >= 0.6 is 7.82 Å². The average molecular weight is 451 g/mol. The summed E-state index contributed by atoms with van der Waals surface area (Å²) in [5, 5.41) is 0. The molecule has 1 aliphatic carbocycles. The number of phosphoric acid groups is 1. The summed E-state index contributed by atoms with van der Waals surface area (Å²) < 4.78 is 25.9. The van der Waals surface area contributed by atoms with Gasteiger partial charge in [-0.05, 0) is 54.7 Å². The van der Waals surface area contributed by atoms with E-state index >= 15 is 0 Å². The first-order valence-electron chi connectivity index (χ1n) is 9.64. The molecular weight excluding hydrogens is 425 g/mol. The molecule has 0 aliphatic heterocycles. The Morgan fingerprint density at radius 2 is 1.77 bits per heavy atom. The van der Waals surface area contributed by atoms with E-state index in [9.17, 15) is 9.36 Å². The number of nitrogens with zero attached hydrogens (tertiary/aromatic N) is 1. The topological polar surface area (TPSA) is 115 Å². The molecule has 0 spiro atoms. The van der Waals surface area contributed by atoms with Crippen molar-refractivity contribution in [1.82, 2.24) is 0 Å². The van der Waals surface area contributed by atoms with E-state index in [1.807, 2.05) is 6.07 Å². The Labute approximate surface area is 180 Å². The van der Waals surface area contributed by atoms with Crippen LogP contribution < -0.4 is 19.3 Å². The molecule has 0 heterocycles. The first kappa shape index (κ1) is 23.1. The molecule has 31 heavy (non-hydrogen) atoms. The van der Waals surface area contributed by atoms with E-state index in [0.717, 1.165) is 12.0 Å². The van der Waals surface area contributed by atoms with Gasteiger partial charge in [-0.25, -0.2) is 4.57 Å². The third kappa shape index (κ3) is 5.19. The number of ketones is 1. The molecule has 9 nitrogen and oxygen atoms in total. The lowest BCUT2D eigenvalue weighted by Gasteiger charge is -2.36. The maximum Gasteiger partial charge on any atom is 0.505 e. The van der Waals surface area contributed by atoms with Crippen molar-refractivity contribution in [1.29, 1.82) is 0 Å². The zero-order chi connectivity index (χ0) is 22.8. The summed E-state index contributed by atoms with van der Waals surface area (Å²) in [7, 11) is 1.77. The van der Waals surface area contributed by atoms with Gasteiger partial charge in [0.05, 0.1) is 25.5 Å². The van der Waals surface area contributed by atoms with Gasteiger partial charge in [-0.1, -0.05) is 10.7 Å². The Hall–Kier alpha value is -2.58. The van der Waals surface area contributed by atoms with Gasteiger partial charge in [0.15, 0.2) is 11.5 Å². The number of benzene rings is 2. The first-order valence-corrected chi connectivity index (χ1v) is 11.2. The van der Waals surface area contributed by atoms with Crippen LogP contribution in [0.4, 0.5) is 5.69 Å². The monoisotopic (exact) mass is 451 g/mol. The van der Waals surface area contributed by atoms with E-state index in [2.05, 4.69) is 4.67 Å². The number of hydrogen-bond acceptors (Lipinski definition) is 7. The van der Waals surface area contributed by atoms with Crippen molar-refractivity contribution in [2.24, 2.45) is 5.92 Å². The van der Waals surface area contributed by atoms with Gasteiger partial charge in [-0.15, -0.1) is 0 Å². The summed E-state index contributed by atoms with van der Waals surface area (Å²) in [5.74, 6) is 0.832. The average Bonchev–Trinajstić information content (AvgIpc) is 2.70. The van der Waals surface area contributed by atoms with E-state index < -0.39 is 7.82 Å². The Morgan fingerprint density at radius 1 is 1.03 bits per heavy atom. The molecule has 0 saturated heterocycles. The van der Waals surface area contributed by atoms with Crippen LogP contribution in [-0.4, -0.2) is 43.9 Å². The van der Waals surface area contributed by atoms with Gasteiger partial charge >= 0.3 is 7.82 Å². The summed E-state index contributed by atoms with van der Waals surface area (Å²) in [6, 6.07) is 10.4.